The Morgan fingerprint density at radius 1 is 1.39 bits per heavy atom. The van der Waals surface area contributed by atoms with E-state index in [1.807, 2.05) is 0 Å². The Morgan fingerprint density at radius 3 is 2.56 bits per heavy atom. The summed E-state index contributed by atoms with van der Waals surface area (Å²) >= 11 is 4.33. The molecule has 1 N–H and O–H groups in total. The minimum Gasteiger partial charge on any atom is -0.356 e. The topological polar surface area (TPSA) is 80.3 Å². The van der Waals surface area contributed by atoms with Crippen LogP contribution in [-0.4, -0.2) is 38.2 Å². The van der Waals surface area contributed by atoms with Crippen LogP contribution in [0.25, 0.3) is 0 Å². The van der Waals surface area contributed by atoms with Crippen LogP contribution < -0.4 is 5.32 Å². The first-order valence-corrected chi connectivity index (χ1v) is 8.58. The average molecular weight is 354 g/mol. The average Bonchev–Trinajstić information content (AvgIpc) is 2.62. The molecule has 0 aliphatic rings. The molecule has 0 spiro atoms. The van der Waals surface area contributed by atoms with E-state index < -0.39 is 33.0 Å². The van der Waals surface area contributed by atoms with Crippen molar-refractivity contribution < 1.29 is 18.0 Å². The zero-order chi connectivity index (χ0) is 13.8. The second kappa shape index (κ2) is 6.44. The largest absolute Gasteiger partial charge is 0.356 e. The molecule has 1 heterocycles. The first-order valence-electron chi connectivity index (χ1n) is 5.09. The Morgan fingerprint density at radius 2 is 2.06 bits per heavy atom. The molecule has 1 rings (SSSR count). The van der Waals surface area contributed by atoms with Gasteiger partial charge in [-0.3, -0.25) is 9.59 Å². The smallest absolute Gasteiger partial charge is 0.235 e. The van der Waals surface area contributed by atoms with Crippen molar-refractivity contribution in [2.75, 3.05) is 18.1 Å². The molecule has 0 aliphatic carbocycles. The van der Waals surface area contributed by atoms with Crippen LogP contribution in [0.5, 0.6) is 0 Å². The van der Waals surface area contributed by atoms with Gasteiger partial charge < -0.3 is 5.32 Å². The lowest BCUT2D eigenvalue weighted by Crippen LogP contribution is -2.32. The number of thiophene rings is 1. The van der Waals surface area contributed by atoms with Gasteiger partial charge in [-0.05, 0) is 34.3 Å². The number of amides is 1. The van der Waals surface area contributed by atoms with E-state index in [-0.39, 0.29) is 0 Å². The lowest BCUT2D eigenvalue weighted by molar-refractivity contribution is -0.118. The number of Topliss-reactive ketones (excluding diaryl/α,β-unsaturated/α-hetero) is 1. The molecule has 18 heavy (non-hydrogen) atoms. The van der Waals surface area contributed by atoms with Crippen LogP contribution in [0.4, 0.5) is 0 Å². The van der Waals surface area contributed by atoms with Crippen molar-refractivity contribution in [3.8, 4) is 0 Å². The zero-order valence-electron chi connectivity index (χ0n) is 9.60. The molecule has 100 valence electrons. The lowest BCUT2D eigenvalue weighted by Gasteiger charge is -2.03. The molecule has 0 saturated heterocycles. The molecule has 0 saturated carbocycles. The van der Waals surface area contributed by atoms with Gasteiger partial charge in [0, 0.05) is 11.0 Å². The number of carbonyl (C=O) groups is 2. The molecule has 0 radical (unpaired) electrons. The van der Waals surface area contributed by atoms with Crippen molar-refractivity contribution in [3.63, 3.8) is 0 Å². The quantitative estimate of drug-likeness (QED) is 0.780. The lowest BCUT2D eigenvalue weighted by atomic mass is 10.3. The third kappa shape index (κ3) is 4.51. The van der Waals surface area contributed by atoms with Gasteiger partial charge in [0.05, 0.1) is 4.88 Å². The van der Waals surface area contributed by atoms with Crippen LogP contribution in [0.15, 0.2) is 15.9 Å². The van der Waals surface area contributed by atoms with E-state index in [9.17, 15) is 18.0 Å². The van der Waals surface area contributed by atoms with Crippen molar-refractivity contribution in [2.45, 2.75) is 6.92 Å². The molecule has 0 fully saturated rings. The SMILES string of the molecule is CCNC(=O)CS(=O)(=O)CC(=O)c1sccc1Br. The van der Waals surface area contributed by atoms with Crippen molar-refractivity contribution in [2.24, 2.45) is 0 Å². The first kappa shape index (κ1) is 15.3. The van der Waals surface area contributed by atoms with Gasteiger partial charge in [0.25, 0.3) is 0 Å². The minimum atomic E-state index is -3.72. The van der Waals surface area contributed by atoms with Gasteiger partial charge in [-0.15, -0.1) is 11.3 Å². The second-order valence-corrected chi connectivity index (χ2v) is 7.34. The highest BCUT2D eigenvalue weighted by Crippen LogP contribution is 2.23. The summed E-state index contributed by atoms with van der Waals surface area (Å²) in [6.07, 6.45) is 0. The van der Waals surface area contributed by atoms with Gasteiger partial charge in [0.15, 0.2) is 15.6 Å². The van der Waals surface area contributed by atoms with Gasteiger partial charge in [-0.25, -0.2) is 8.42 Å². The summed E-state index contributed by atoms with van der Waals surface area (Å²) in [4.78, 5) is 23.3. The maximum absolute atomic E-state index is 11.8. The number of hydrogen-bond donors (Lipinski definition) is 1. The van der Waals surface area contributed by atoms with Crippen LogP contribution in [-0.2, 0) is 14.6 Å². The molecule has 1 aromatic rings. The predicted molar refractivity (Wildman–Crippen MR) is 73.7 cm³/mol. The number of sulfone groups is 1. The van der Waals surface area contributed by atoms with Crippen molar-refractivity contribution in [1.29, 1.82) is 0 Å². The summed E-state index contributed by atoms with van der Waals surface area (Å²) in [7, 11) is -3.72. The van der Waals surface area contributed by atoms with Gasteiger partial charge in [0.2, 0.25) is 5.91 Å². The predicted octanol–water partition coefficient (Wildman–Crippen LogP) is 1.24. The third-order valence-corrected chi connectivity index (χ3v) is 5.23. The molecular weight excluding hydrogens is 342 g/mol. The Kier molecular flexibility index (Phi) is 5.48. The molecule has 0 atom stereocenters. The second-order valence-electron chi connectivity index (χ2n) is 3.51. The van der Waals surface area contributed by atoms with Gasteiger partial charge >= 0.3 is 0 Å². The molecular formula is C10H12BrNO4S2. The normalized spacial score (nSPS) is 11.2. The highest BCUT2D eigenvalue weighted by Gasteiger charge is 2.23. The Labute approximate surface area is 118 Å². The minimum absolute atomic E-state index is 0.356. The molecule has 5 nitrogen and oxygen atoms in total. The number of ketones is 1. The molecule has 0 unspecified atom stereocenters. The number of nitrogens with one attached hydrogen (secondary N) is 1. The number of halogens is 1. The van der Waals surface area contributed by atoms with Crippen molar-refractivity contribution in [3.05, 3.63) is 20.8 Å². The first-order chi connectivity index (χ1) is 8.35. The van der Waals surface area contributed by atoms with Crippen LogP contribution in [0.1, 0.15) is 16.6 Å². The van der Waals surface area contributed by atoms with Crippen LogP contribution >= 0.6 is 27.3 Å². The van der Waals surface area contributed by atoms with Gasteiger partial charge in [-0.2, -0.15) is 0 Å². The van der Waals surface area contributed by atoms with Crippen LogP contribution in [0, 0.1) is 0 Å². The number of rotatable bonds is 6. The fourth-order valence-corrected chi connectivity index (χ4v) is 4.03. The summed E-state index contributed by atoms with van der Waals surface area (Å²) in [6.45, 7) is 2.05. The molecule has 8 heteroatoms. The Balaban J connectivity index is 2.70. The molecule has 0 bridgehead atoms. The van der Waals surface area contributed by atoms with Crippen LogP contribution in [0.2, 0.25) is 0 Å². The molecule has 0 aliphatic heterocycles. The van der Waals surface area contributed by atoms with Crippen LogP contribution in [0.3, 0.4) is 0 Å². The van der Waals surface area contributed by atoms with E-state index in [1.165, 1.54) is 11.3 Å². The summed E-state index contributed by atoms with van der Waals surface area (Å²) in [5, 5.41) is 4.07. The summed E-state index contributed by atoms with van der Waals surface area (Å²) in [5.74, 6) is -2.39. The number of hydrogen-bond acceptors (Lipinski definition) is 5. The van der Waals surface area contributed by atoms with Crippen molar-refractivity contribution in [1.82, 2.24) is 5.32 Å². The number of carbonyl (C=O) groups excluding carboxylic acids is 2. The van der Waals surface area contributed by atoms with E-state index in [0.717, 1.165) is 0 Å². The highest BCUT2D eigenvalue weighted by atomic mass is 79.9. The molecule has 0 aromatic carbocycles. The standard InChI is InChI=1S/C10H12BrNO4S2/c1-2-12-9(14)6-18(15,16)5-8(13)10-7(11)3-4-17-10/h3-4H,2,5-6H2,1H3,(H,12,14). The van der Waals surface area contributed by atoms with E-state index in [2.05, 4.69) is 21.2 Å². The maximum atomic E-state index is 11.8. The van der Waals surface area contributed by atoms with Crippen molar-refractivity contribution >= 4 is 48.8 Å². The maximum Gasteiger partial charge on any atom is 0.235 e. The summed E-state index contributed by atoms with van der Waals surface area (Å²) < 4.78 is 23.9. The van der Waals surface area contributed by atoms with E-state index in [1.54, 1.807) is 18.4 Å². The zero-order valence-corrected chi connectivity index (χ0v) is 12.8. The molecule has 1 amide bonds. The Bertz CT molecular complexity index is 550. The van der Waals surface area contributed by atoms with E-state index in [0.29, 0.717) is 15.9 Å². The third-order valence-electron chi connectivity index (χ3n) is 1.95. The summed E-state index contributed by atoms with van der Waals surface area (Å²) in [5.41, 5.74) is 0. The van der Waals surface area contributed by atoms with Gasteiger partial charge in [-0.1, -0.05) is 0 Å². The fraction of sp³-hybridized carbons (Fsp3) is 0.400. The highest BCUT2D eigenvalue weighted by molar-refractivity contribution is 9.10. The van der Waals surface area contributed by atoms with Gasteiger partial charge in [0.1, 0.15) is 11.5 Å². The monoisotopic (exact) mass is 353 g/mol. The fourth-order valence-electron chi connectivity index (χ4n) is 1.26. The Hall–Kier alpha value is -0.730. The van der Waals surface area contributed by atoms with E-state index in [4.69, 9.17) is 0 Å². The molecule has 1 aromatic heterocycles. The summed E-state index contributed by atoms with van der Waals surface area (Å²) in [6, 6.07) is 1.67. The van der Waals surface area contributed by atoms with E-state index >= 15 is 0 Å².